The van der Waals surface area contributed by atoms with Crippen LogP contribution < -0.4 is 10.6 Å². The molecule has 0 saturated carbocycles. The lowest BCUT2D eigenvalue weighted by Crippen LogP contribution is -2.51. The molecule has 0 heterocycles. The Balaban J connectivity index is 1.89. The van der Waals surface area contributed by atoms with Gasteiger partial charge in [0, 0.05) is 6.54 Å². The third kappa shape index (κ3) is 6.02. The molecule has 26 heavy (non-hydrogen) atoms. The summed E-state index contributed by atoms with van der Waals surface area (Å²) in [5, 5.41) is 24.3. The second kappa shape index (κ2) is 9.75. The normalized spacial score (nSPS) is 12.7. The molecule has 136 valence electrons. The Morgan fingerprint density at radius 1 is 0.923 bits per heavy atom. The molecule has 4 N–H and O–H groups in total. The predicted octanol–water partition coefficient (Wildman–Crippen LogP) is 0.678. The summed E-state index contributed by atoms with van der Waals surface area (Å²) in [7, 11) is -1.72. The Labute approximate surface area is 153 Å². The Bertz CT molecular complexity index is 710. The first-order valence-electron chi connectivity index (χ1n) is 8.49. The van der Waals surface area contributed by atoms with Crippen LogP contribution in [-0.2, 0) is 22.6 Å². The molecule has 6 nitrogen and oxygen atoms in total. The first-order chi connectivity index (χ1) is 12.5. The van der Waals surface area contributed by atoms with Gasteiger partial charge in [-0.3, -0.25) is 9.59 Å². The van der Waals surface area contributed by atoms with E-state index in [1.165, 1.54) is 6.92 Å². The largest absolute Gasteiger partial charge is 0.475 e. The third-order valence-electron chi connectivity index (χ3n) is 4.08. The minimum absolute atomic E-state index is 0.253. The lowest BCUT2D eigenvalue weighted by atomic mass is 9.75. The van der Waals surface area contributed by atoms with Gasteiger partial charge in [0.05, 0.1) is 5.94 Å². The number of hydrogen-bond acceptors (Lipinski definition) is 4. The van der Waals surface area contributed by atoms with Gasteiger partial charge in [0.2, 0.25) is 11.8 Å². The molecule has 2 rings (SSSR count). The number of carbonyl (C=O) groups is 2. The molecular weight excluding hydrogens is 331 g/mol. The van der Waals surface area contributed by atoms with E-state index < -0.39 is 30.8 Å². The zero-order valence-electron chi connectivity index (χ0n) is 14.6. The molecule has 0 aliphatic carbocycles. The van der Waals surface area contributed by atoms with Crippen LogP contribution in [0.15, 0.2) is 60.7 Å². The van der Waals surface area contributed by atoms with Crippen molar-refractivity contribution in [2.45, 2.75) is 25.8 Å². The lowest BCUT2D eigenvalue weighted by Gasteiger charge is -2.20. The second-order valence-electron chi connectivity index (χ2n) is 6.14. The van der Waals surface area contributed by atoms with Crippen molar-refractivity contribution in [3.8, 4) is 0 Å². The van der Waals surface area contributed by atoms with E-state index in [1.807, 2.05) is 60.7 Å². The molecule has 0 bridgehead atoms. The van der Waals surface area contributed by atoms with Crippen LogP contribution in [0.4, 0.5) is 0 Å². The molecule has 2 aromatic rings. The van der Waals surface area contributed by atoms with Gasteiger partial charge in [0.15, 0.2) is 0 Å². The molecular formula is C19H23BN2O4. The number of amides is 2. The summed E-state index contributed by atoms with van der Waals surface area (Å²) in [6.07, 6.45) is 0.253. The van der Waals surface area contributed by atoms with Crippen molar-refractivity contribution in [3.05, 3.63) is 71.8 Å². The predicted molar refractivity (Wildman–Crippen MR) is 99.7 cm³/mol. The Kier molecular flexibility index (Phi) is 7.38. The number of carbonyl (C=O) groups excluding carboxylic acids is 2. The van der Waals surface area contributed by atoms with Crippen molar-refractivity contribution >= 4 is 18.9 Å². The van der Waals surface area contributed by atoms with Gasteiger partial charge in [0.25, 0.3) is 0 Å². The number of nitrogens with one attached hydrogen (secondary N) is 2. The van der Waals surface area contributed by atoms with Crippen LogP contribution in [0.3, 0.4) is 0 Å². The summed E-state index contributed by atoms with van der Waals surface area (Å²) in [5.41, 5.74) is 1.79. The maximum absolute atomic E-state index is 12.3. The molecule has 0 saturated heterocycles. The molecule has 0 aliphatic heterocycles. The fourth-order valence-corrected chi connectivity index (χ4v) is 2.46. The average molecular weight is 354 g/mol. The van der Waals surface area contributed by atoms with Crippen molar-refractivity contribution in [1.82, 2.24) is 10.6 Å². The van der Waals surface area contributed by atoms with E-state index in [0.717, 1.165) is 11.1 Å². The summed E-state index contributed by atoms with van der Waals surface area (Å²) in [4.78, 5) is 24.5. The van der Waals surface area contributed by atoms with Crippen LogP contribution in [0.1, 0.15) is 18.1 Å². The van der Waals surface area contributed by atoms with E-state index in [1.54, 1.807) is 0 Å². The first-order valence-corrected chi connectivity index (χ1v) is 8.49. The molecule has 2 atom stereocenters. The Morgan fingerprint density at radius 2 is 1.46 bits per heavy atom. The monoisotopic (exact) mass is 354 g/mol. The minimum Gasteiger partial charge on any atom is -0.426 e. The third-order valence-corrected chi connectivity index (χ3v) is 4.08. The molecule has 2 amide bonds. The molecule has 2 aromatic carbocycles. The van der Waals surface area contributed by atoms with Crippen LogP contribution >= 0.6 is 0 Å². The molecule has 0 fully saturated rings. The Hall–Kier alpha value is -2.64. The summed E-state index contributed by atoms with van der Waals surface area (Å²) in [6, 6.07) is 18.6. The van der Waals surface area contributed by atoms with E-state index in [9.17, 15) is 19.6 Å². The van der Waals surface area contributed by atoms with E-state index in [2.05, 4.69) is 10.6 Å². The summed E-state index contributed by atoms with van der Waals surface area (Å²) >= 11 is 0. The highest BCUT2D eigenvalue weighted by atomic mass is 16.4. The van der Waals surface area contributed by atoms with Crippen molar-refractivity contribution < 1.29 is 19.6 Å². The molecule has 7 heteroatoms. The van der Waals surface area contributed by atoms with Crippen LogP contribution in [0, 0.1) is 5.92 Å². The summed E-state index contributed by atoms with van der Waals surface area (Å²) < 4.78 is 0. The van der Waals surface area contributed by atoms with Crippen LogP contribution in [0.5, 0.6) is 0 Å². The minimum atomic E-state index is -1.72. The summed E-state index contributed by atoms with van der Waals surface area (Å²) in [6.45, 7) is 1.81. The van der Waals surface area contributed by atoms with Crippen LogP contribution in [0.25, 0.3) is 0 Å². The fraction of sp³-hybridized carbons (Fsp3) is 0.263. The molecule has 0 aliphatic rings. The van der Waals surface area contributed by atoms with Gasteiger partial charge in [-0.2, -0.15) is 0 Å². The van der Waals surface area contributed by atoms with E-state index in [4.69, 9.17) is 0 Å². The topological polar surface area (TPSA) is 98.7 Å². The van der Waals surface area contributed by atoms with Gasteiger partial charge >= 0.3 is 7.12 Å². The van der Waals surface area contributed by atoms with Gasteiger partial charge in [-0.25, -0.2) is 0 Å². The highest BCUT2D eigenvalue weighted by Gasteiger charge is 2.29. The Morgan fingerprint density at radius 3 is 2.00 bits per heavy atom. The van der Waals surface area contributed by atoms with E-state index in [0.29, 0.717) is 6.54 Å². The van der Waals surface area contributed by atoms with Gasteiger partial charge in [-0.05, 0) is 24.5 Å². The van der Waals surface area contributed by atoms with Crippen molar-refractivity contribution in [3.63, 3.8) is 0 Å². The van der Waals surface area contributed by atoms with Crippen LogP contribution in [-0.4, -0.2) is 34.9 Å². The standard InChI is InChI=1S/C19H23BN2O4/c1-14(18(23)21-13-16-10-6-3-7-11-16)19(24)22-17(20(25)26)12-15-8-4-2-5-9-15/h2-11,14,17,25-26H,12-13H2,1H3,(H,21,23)(H,22,24)/t14?,17-/m0/s1. The lowest BCUT2D eigenvalue weighted by molar-refractivity contribution is -0.134. The van der Waals surface area contributed by atoms with E-state index >= 15 is 0 Å². The highest BCUT2D eigenvalue weighted by molar-refractivity contribution is 6.43. The molecule has 0 aromatic heterocycles. The quantitative estimate of drug-likeness (QED) is 0.414. The maximum atomic E-state index is 12.3. The molecule has 1 unspecified atom stereocenters. The van der Waals surface area contributed by atoms with Crippen molar-refractivity contribution in [2.24, 2.45) is 5.92 Å². The molecule has 0 radical (unpaired) electrons. The summed E-state index contributed by atoms with van der Waals surface area (Å²) in [5.74, 6) is -2.81. The average Bonchev–Trinajstić information content (AvgIpc) is 2.66. The molecule has 0 spiro atoms. The maximum Gasteiger partial charge on any atom is 0.475 e. The van der Waals surface area contributed by atoms with Gasteiger partial charge in [0.1, 0.15) is 5.92 Å². The van der Waals surface area contributed by atoms with Gasteiger partial charge in [-0.1, -0.05) is 60.7 Å². The smallest absolute Gasteiger partial charge is 0.426 e. The van der Waals surface area contributed by atoms with Crippen LogP contribution in [0.2, 0.25) is 0 Å². The van der Waals surface area contributed by atoms with Crippen molar-refractivity contribution in [2.75, 3.05) is 0 Å². The highest BCUT2D eigenvalue weighted by Crippen LogP contribution is 2.06. The van der Waals surface area contributed by atoms with Crippen molar-refractivity contribution in [1.29, 1.82) is 0 Å². The first kappa shape index (κ1) is 19.7. The fourth-order valence-electron chi connectivity index (χ4n) is 2.46. The van der Waals surface area contributed by atoms with Gasteiger partial charge < -0.3 is 20.7 Å². The van der Waals surface area contributed by atoms with E-state index in [-0.39, 0.29) is 6.42 Å². The van der Waals surface area contributed by atoms with Gasteiger partial charge in [-0.15, -0.1) is 0 Å². The SMILES string of the molecule is CC(C(=O)NCc1ccccc1)C(=O)N[C@@H](Cc1ccccc1)B(O)O. The zero-order valence-corrected chi connectivity index (χ0v) is 14.6. The number of benzene rings is 2. The zero-order chi connectivity index (χ0) is 18.9. The number of rotatable bonds is 8. The number of hydrogen-bond donors (Lipinski definition) is 4. The second-order valence-corrected chi connectivity index (χ2v) is 6.14.